The van der Waals surface area contributed by atoms with E-state index in [1.807, 2.05) is 25.1 Å². The molecule has 170 valence electrons. The quantitative estimate of drug-likeness (QED) is 0.541. The molecule has 0 saturated heterocycles. The molecule has 3 aromatic rings. The number of oxazole rings is 1. The maximum absolute atomic E-state index is 12.4. The summed E-state index contributed by atoms with van der Waals surface area (Å²) < 4.78 is 12.0. The molecule has 0 aliphatic rings. The molecule has 1 N–H and O–H groups in total. The van der Waals surface area contributed by atoms with E-state index in [4.69, 9.17) is 9.15 Å². The lowest BCUT2D eigenvalue weighted by Crippen LogP contribution is -2.21. The Bertz CT molecular complexity index is 1160. The number of nitrogens with zero attached hydrogens (tertiary/aromatic N) is 3. The Labute approximate surface area is 186 Å². The zero-order valence-electron chi connectivity index (χ0n) is 18.8. The van der Waals surface area contributed by atoms with Gasteiger partial charge in [-0.1, -0.05) is 12.1 Å². The van der Waals surface area contributed by atoms with Crippen LogP contribution in [-0.4, -0.2) is 67.7 Å². The Kier molecular flexibility index (Phi) is 7.32. The van der Waals surface area contributed by atoms with E-state index in [9.17, 15) is 14.4 Å². The second kappa shape index (κ2) is 10.1. The van der Waals surface area contributed by atoms with Gasteiger partial charge >= 0.3 is 11.8 Å². The van der Waals surface area contributed by atoms with Crippen LogP contribution in [0.25, 0.3) is 11.1 Å². The molecule has 1 heterocycles. The van der Waals surface area contributed by atoms with E-state index in [2.05, 4.69) is 5.32 Å². The summed E-state index contributed by atoms with van der Waals surface area (Å²) in [5.74, 6) is -0.685. The Balaban J connectivity index is 1.74. The first-order chi connectivity index (χ1) is 15.2. The highest BCUT2D eigenvalue weighted by Crippen LogP contribution is 2.19. The van der Waals surface area contributed by atoms with Crippen molar-refractivity contribution in [2.75, 3.05) is 46.7 Å². The molecule has 1 aromatic heterocycles. The van der Waals surface area contributed by atoms with Crippen molar-refractivity contribution in [3.63, 3.8) is 0 Å². The minimum atomic E-state index is -0.529. The zero-order chi connectivity index (χ0) is 23.3. The molecule has 0 aliphatic carbocycles. The topological polar surface area (TPSA) is 97.0 Å². The van der Waals surface area contributed by atoms with Gasteiger partial charge in [0.2, 0.25) is 0 Å². The summed E-state index contributed by atoms with van der Waals surface area (Å²) in [6.45, 7) is 1.38. The molecule has 2 aromatic carbocycles. The highest BCUT2D eigenvalue weighted by atomic mass is 16.5. The van der Waals surface area contributed by atoms with Crippen molar-refractivity contribution < 1.29 is 18.7 Å². The van der Waals surface area contributed by atoms with Crippen molar-refractivity contribution in [1.29, 1.82) is 0 Å². The number of fused-ring (bicyclic) bond motifs is 1. The maximum Gasteiger partial charge on any atom is 0.420 e. The molecule has 0 bridgehead atoms. The fraction of sp³-hybridized carbons (Fsp3) is 0.348. The predicted molar refractivity (Wildman–Crippen MR) is 122 cm³/mol. The van der Waals surface area contributed by atoms with Gasteiger partial charge in [-0.15, -0.1) is 0 Å². The number of aromatic nitrogens is 1. The number of hydrogen-bond donors (Lipinski definition) is 1. The number of amides is 2. The average Bonchev–Trinajstić information content (AvgIpc) is 3.05. The van der Waals surface area contributed by atoms with E-state index in [1.165, 1.54) is 9.47 Å². The minimum Gasteiger partial charge on any atom is -0.449 e. The summed E-state index contributed by atoms with van der Waals surface area (Å²) in [7, 11) is 7.25. The number of anilines is 1. The van der Waals surface area contributed by atoms with Gasteiger partial charge in [-0.3, -0.25) is 14.7 Å². The molecule has 32 heavy (non-hydrogen) atoms. The third kappa shape index (κ3) is 5.76. The van der Waals surface area contributed by atoms with Crippen molar-refractivity contribution in [2.24, 2.45) is 0 Å². The summed E-state index contributed by atoms with van der Waals surface area (Å²) in [4.78, 5) is 40.2. The molecule has 0 fully saturated rings. The van der Waals surface area contributed by atoms with E-state index >= 15 is 0 Å². The fourth-order valence-electron chi connectivity index (χ4n) is 3.23. The second-order valence-electron chi connectivity index (χ2n) is 7.95. The number of ether oxygens (including phenoxy) is 1. The van der Waals surface area contributed by atoms with Crippen LogP contribution in [0, 0.1) is 0 Å². The van der Waals surface area contributed by atoms with E-state index < -0.39 is 11.8 Å². The number of nitrogens with one attached hydrogen (secondary N) is 1. The Morgan fingerprint density at radius 1 is 1.09 bits per heavy atom. The third-order valence-corrected chi connectivity index (χ3v) is 4.82. The maximum atomic E-state index is 12.4. The molecule has 0 atom stereocenters. The van der Waals surface area contributed by atoms with Crippen molar-refractivity contribution >= 4 is 28.8 Å². The second-order valence-corrected chi connectivity index (χ2v) is 7.95. The molecule has 9 nitrogen and oxygen atoms in total. The zero-order valence-corrected chi connectivity index (χ0v) is 18.8. The molecule has 2 amide bonds. The number of benzene rings is 2. The van der Waals surface area contributed by atoms with Crippen LogP contribution in [0.4, 0.5) is 10.5 Å². The van der Waals surface area contributed by atoms with Gasteiger partial charge in [0.25, 0.3) is 5.91 Å². The van der Waals surface area contributed by atoms with Gasteiger partial charge in [0.15, 0.2) is 5.58 Å². The highest BCUT2D eigenvalue weighted by Gasteiger charge is 2.15. The van der Waals surface area contributed by atoms with Crippen molar-refractivity contribution in [2.45, 2.75) is 13.0 Å². The van der Waals surface area contributed by atoms with Crippen LogP contribution in [0.15, 0.2) is 51.7 Å². The van der Waals surface area contributed by atoms with Gasteiger partial charge in [-0.2, -0.15) is 0 Å². The molecule has 0 saturated carbocycles. The van der Waals surface area contributed by atoms with Crippen LogP contribution in [0.5, 0.6) is 0 Å². The lowest BCUT2D eigenvalue weighted by molar-refractivity contribution is 0.0827. The highest BCUT2D eigenvalue weighted by molar-refractivity contribution is 5.96. The molecular formula is C23H28N4O5. The van der Waals surface area contributed by atoms with E-state index in [1.54, 1.807) is 50.5 Å². The summed E-state index contributed by atoms with van der Waals surface area (Å²) in [5, 5.41) is 2.70. The first kappa shape index (κ1) is 23.1. The molecule has 0 radical (unpaired) electrons. The van der Waals surface area contributed by atoms with Crippen LogP contribution >= 0.6 is 0 Å². The number of hydrogen-bond acceptors (Lipinski definition) is 6. The lowest BCUT2D eigenvalue weighted by atomic mass is 10.1. The Morgan fingerprint density at radius 2 is 1.88 bits per heavy atom. The standard InChI is InChI=1S/C23H28N4O5/c1-25(2)11-6-12-31-22(29)24-18-8-5-7-16(13-18)15-27-19-14-17(21(28)26(3)4)9-10-20(19)32-23(27)30/h5,7-10,13-14H,6,11-12,15H2,1-4H3,(H,24,29). The van der Waals surface area contributed by atoms with Crippen molar-refractivity contribution in [1.82, 2.24) is 14.4 Å². The first-order valence-corrected chi connectivity index (χ1v) is 10.3. The van der Waals surface area contributed by atoms with Gasteiger partial charge in [0.1, 0.15) is 0 Å². The molecular weight excluding hydrogens is 412 g/mol. The van der Waals surface area contributed by atoms with Gasteiger partial charge in [0, 0.05) is 31.9 Å². The van der Waals surface area contributed by atoms with Gasteiger partial charge < -0.3 is 19.0 Å². The predicted octanol–water partition coefficient (Wildman–Crippen LogP) is 2.84. The van der Waals surface area contributed by atoms with Crippen LogP contribution in [-0.2, 0) is 11.3 Å². The largest absolute Gasteiger partial charge is 0.449 e. The smallest absolute Gasteiger partial charge is 0.420 e. The lowest BCUT2D eigenvalue weighted by Gasteiger charge is -2.11. The Morgan fingerprint density at radius 3 is 2.59 bits per heavy atom. The average molecular weight is 441 g/mol. The SMILES string of the molecule is CN(C)CCCOC(=O)Nc1cccc(Cn2c(=O)oc3ccc(C(=O)N(C)C)cc32)c1. The third-order valence-electron chi connectivity index (χ3n) is 4.82. The fourth-order valence-corrected chi connectivity index (χ4v) is 3.23. The normalized spacial score (nSPS) is 11.0. The summed E-state index contributed by atoms with van der Waals surface area (Å²) in [5.41, 5.74) is 2.74. The van der Waals surface area contributed by atoms with Crippen LogP contribution < -0.4 is 11.1 Å². The molecule has 9 heteroatoms. The molecule has 0 spiro atoms. The molecule has 3 rings (SSSR count). The molecule has 0 unspecified atom stereocenters. The summed E-state index contributed by atoms with van der Waals surface area (Å²) in [6.07, 6.45) is 0.216. The van der Waals surface area contributed by atoms with Gasteiger partial charge in [-0.25, -0.2) is 9.59 Å². The van der Waals surface area contributed by atoms with Crippen molar-refractivity contribution in [3.8, 4) is 0 Å². The van der Waals surface area contributed by atoms with Gasteiger partial charge in [-0.05, 0) is 56.4 Å². The van der Waals surface area contributed by atoms with E-state index in [0.29, 0.717) is 29.0 Å². The number of carbonyl (C=O) groups excluding carboxylic acids is 2. The number of rotatable bonds is 8. The van der Waals surface area contributed by atoms with Gasteiger partial charge in [0.05, 0.1) is 18.7 Å². The number of carbonyl (C=O) groups is 2. The van der Waals surface area contributed by atoms with E-state index in [0.717, 1.165) is 18.5 Å². The van der Waals surface area contributed by atoms with E-state index in [-0.39, 0.29) is 12.5 Å². The molecule has 0 aliphatic heterocycles. The summed E-state index contributed by atoms with van der Waals surface area (Å²) in [6, 6.07) is 12.0. The Hall–Kier alpha value is -3.59. The first-order valence-electron chi connectivity index (χ1n) is 10.3. The van der Waals surface area contributed by atoms with Crippen LogP contribution in [0.2, 0.25) is 0 Å². The van der Waals surface area contributed by atoms with Crippen LogP contribution in [0.1, 0.15) is 22.3 Å². The van der Waals surface area contributed by atoms with Crippen molar-refractivity contribution in [3.05, 3.63) is 64.1 Å². The minimum absolute atomic E-state index is 0.164. The summed E-state index contributed by atoms with van der Waals surface area (Å²) >= 11 is 0. The monoisotopic (exact) mass is 440 g/mol. The van der Waals surface area contributed by atoms with Crippen LogP contribution in [0.3, 0.4) is 0 Å².